The zero-order valence-electron chi connectivity index (χ0n) is 11.3. The molecule has 0 saturated carbocycles. The number of nitrogens with one attached hydrogen (secondary N) is 1. The molecule has 1 heterocycles. The molecule has 0 atom stereocenters. The van der Waals surface area contributed by atoms with Gasteiger partial charge in [0.25, 0.3) is 5.91 Å². The first-order valence-corrected chi connectivity index (χ1v) is 6.44. The topological polar surface area (TPSA) is 56.8 Å². The maximum absolute atomic E-state index is 11.5. The largest absolute Gasteiger partial charge is 0.486 e. The second-order valence-corrected chi connectivity index (χ2v) is 4.79. The van der Waals surface area contributed by atoms with Crippen LogP contribution >= 0.6 is 0 Å². The van der Waals surface area contributed by atoms with E-state index in [1.807, 2.05) is 13.8 Å². The van der Waals surface area contributed by atoms with Crippen LogP contribution in [0, 0.1) is 5.92 Å². The number of rotatable bonds is 5. The van der Waals surface area contributed by atoms with E-state index in [1.54, 1.807) is 18.2 Å². The molecule has 0 spiro atoms. The molecule has 0 saturated heterocycles. The Kier molecular flexibility index (Phi) is 4.49. The maximum atomic E-state index is 11.5. The lowest BCUT2D eigenvalue weighted by atomic mass is 10.2. The highest BCUT2D eigenvalue weighted by molar-refractivity contribution is 5.77. The van der Waals surface area contributed by atoms with E-state index in [0.717, 1.165) is 0 Å². The van der Waals surface area contributed by atoms with Gasteiger partial charge in [-0.2, -0.15) is 0 Å². The van der Waals surface area contributed by atoms with E-state index in [9.17, 15) is 4.79 Å². The smallest absolute Gasteiger partial charge is 0.257 e. The minimum atomic E-state index is -0.122. The van der Waals surface area contributed by atoms with Crippen LogP contribution in [0.15, 0.2) is 18.2 Å². The van der Waals surface area contributed by atoms with E-state index in [1.165, 1.54) is 0 Å². The summed E-state index contributed by atoms with van der Waals surface area (Å²) in [5.74, 6) is 2.28. The van der Waals surface area contributed by atoms with Gasteiger partial charge in [-0.05, 0) is 18.1 Å². The quantitative estimate of drug-likeness (QED) is 0.878. The van der Waals surface area contributed by atoms with Gasteiger partial charge in [-0.25, -0.2) is 0 Å². The third-order valence-electron chi connectivity index (χ3n) is 2.59. The van der Waals surface area contributed by atoms with Crippen LogP contribution in [-0.2, 0) is 4.79 Å². The van der Waals surface area contributed by atoms with E-state index in [4.69, 9.17) is 14.2 Å². The molecule has 0 fully saturated rings. The predicted octanol–water partition coefficient (Wildman–Crippen LogP) is 1.61. The van der Waals surface area contributed by atoms with Gasteiger partial charge in [0.2, 0.25) is 0 Å². The summed E-state index contributed by atoms with van der Waals surface area (Å²) in [5.41, 5.74) is 0. The summed E-state index contributed by atoms with van der Waals surface area (Å²) in [7, 11) is 0. The van der Waals surface area contributed by atoms with Crippen LogP contribution in [0.3, 0.4) is 0 Å². The fourth-order valence-electron chi connectivity index (χ4n) is 1.63. The molecule has 19 heavy (non-hydrogen) atoms. The van der Waals surface area contributed by atoms with E-state index in [-0.39, 0.29) is 12.5 Å². The molecule has 2 rings (SSSR count). The normalized spacial score (nSPS) is 13.2. The molecule has 1 aliphatic rings. The van der Waals surface area contributed by atoms with E-state index < -0.39 is 0 Å². The molecule has 0 radical (unpaired) electrons. The van der Waals surface area contributed by atoms with Crippen LogP contribution in [0.5, 0.6) is 17.2 Å². The Morgan fingerprint density at radius 2 is 2.05 bits per heavy atom. The van der Waals surface area contributed by atoms with Crippen molar-refractivity contribution in [1.82, 2.24) is 5.32 Å². The van der Waals surface area contributed by atoms with Gasteiger partial charge in [-0.3, -0.25) is 4.79 Å². The van der Waals surface area contributed by atoms with Crippen LogP contribution < -0.4 is 19.5 Å². The van der Waals surface area contributed by atoms with Crippen molar-refractivity contribution in [2.24, 2.45) is 5.92 Å². The van der Waals surface area contributed by atoms with Crippen LogP contribution in [-0.4, -0.2) is 32.3 Å². The van der Waals surface area contributed by atoms with Crippen molar-refractivity contribution in [3.8, 4) is 17.2 Å². The Hall–Kier alpha value is -1.91. The Balaban J connectivity index is 1.84. The molecule has 1 N–H and O–H groups in total. The van der Waals surface area contributed by atoms with Crippen LogP contribution in [0.1, 0.15) is 13.8 Å². The van der Waals surface area contributed by atoms with Crippen molar-refractivity contribution in [2.75, 3.05) is 26.4 Å². The van der Waals surface area contributed by atoms with Gasteiger partial charge in [-0.1, -0.05) is 13.8 Å². The van der Waals surface area contributed by atoms with Crippen LogP contribution in [0.4, 0.5) is 0 Å². The van der Waals surface area contributed by atoms with Gasteiger partial charge in [0.05, 0.1) is 0 Å². The summed E-state index contributed by atoms with van der Waals surface area (Å²) in [5, 5.41) is 2.79. The molecule has 5 nitrogen and oxygen atoms in total. The van der Waals surface area contributed by atoms with Gasteiger partial charge in [0.1, 0.15) is 19.0 Å². The summed E-state index contributed by atoms with van der Waals surface area (Å²) in [6.07, 6.45) is 0. The molecule has 5 heteroatoms. The predicted molar refractivity (Wildman–Crippen MR) is 70.8 cm³/mol. The molecular formula is C14H19NO4. The highest BCUT2D eigenvalue weighted by atomic mass is 16.6. The third-order valence-corrected chi connectivity index (χ3v) is 2.59. The molecule has 104 valence electrons. The van der Waals surface area contributed by atoms with Crippen molar-refractivity contribution < 1.29 is 19.0 Å². The van der Waals surface area contributed by atoms with E-state index >= 15 is 0 Å². The molecule has 1 amide bonds. The minimum Gasteiger partial charge on any atom is -0.486 e. The number of fused-ring (bicyclic) bond motifs is 1. The van der Waals surface area contributed by atoms with Gasteiger partial charge in [0, 0.05) is 12.6 Å². The number of hydrogen-bond acceptors (Lipinski definition) is 4. The fourth-order valence-corrected chi connectivity index (χ4v) is 1.63. The molecule has 0 unspecified atom stereocenters. The standard InChI is InChI=1S/C14H19NO4/c1-10(2)8-15-14(16)9-19-11-3-4-12-13(7-11)18-6-5-17-12/h3-4,7,10H,5-6,8-9H2,1-2H3,(H,15,16). The van der Waals surface area contributed by atoms with Gasteiger partial charge < -0.3 is 19.5 Å². The molecule has 1 aromatic carbocycles. The summed E-state index contributed by atoms with van der Waals surface area (Å²) >= 11 is 0. The van der Waals surface area contributed by atoms with Gasteiger partial charge in [-0.15, -0.1) is 0 Å². The number of carbonyl (C=O) groups excluding carboxylic acids is 1. The SMILES string of the molecule is CC(C)CNC(=O)COc1ccc2c(c1)OCCO2. The van der Waals surface area contributed by atoms with Gasteiger partial charge >= 0.3 is 0 Å². The first kappa shape index (κ1) is 13.5. The Bertz CT molecular complexity index is 445. The highest BCUT2D eigenvalue weighted by Crippen LogP contribution is 2.33. The first-order chi connectivity index (χ1) is 9.15. The zero-order valence-corrected chi connectivity index (χ0v) is 11.3. The van der Waals surface area contributed by atoms with Crippen molar-refractivity contribution >= 4 is 5.91 Å². The number of hydrogen-bond donors (Lipinski definition) is 1. The average Bonchev–Trinajstić information content (AvgIpc) is 2.42. The summed E-state index contributed by atoms with van der Waals surface area (Å²) in [6.45, 7) is 5.84. The molecule has 1 aromatic rings. The second kappa shape index (κ2) is 6.31. The first-order valence-electron chi connectivity index (χ1n) is 6.44. The van der Waals surface area contributed by atoms with Crippen molar-refractivity contribution in [3.63, 3.8) is 0 Å². The van der Waals surface area contributed by atoms with Gasteiger partial charge in [0.15, 0.2) is 18.1 Å². The van der Waals surface area contributed by atoms with Crippen molar-refractivity contribution in [3.05, 3.63) is 18.2 Å². The summed E-state index contributed by atoms with van der Waals surface area (Å²) < 4.78 is 16.3. The van der Waals surface area contributed by atoms with E-state index in [2.05, 4.69) is 5.32 Å². The Labute approximate surface area is 112 Å². The average molecular weight is 265 g/mol. The Morgan fingerprint density at radius 3 is 2.79 bits per heavy atom. The number of benzene rings is 1. The lowest BCUT2D eigenvalue weighted by Crippen LogP contribution is -2.31. The third kappa shape index (κ3) is 4.05. The fraction of sp³-hybridized carbons (Fsp3) is 0.500. The van der Waals surface area contributed by atoms with Crippen LogP contribution in [0.2, 0.25) is 0 Å². The molecule has 1 aliphatic heterocycles. The zero-order chi connectivity index (χ0) is 13.7. The maximum Gasteiger partial charge on any atom is 0.257 e. The lowest BCUT2D eigenvalue weighted by molar-refractivity contribution is -0.123. The number of ether oxygens (including phenoxy) is 3. The lowest BCUT2D eigenvalue weighted by Gasteiger charge is -2.18. The summed E-state index contributed by atoms with van der Waals surface area (Å²) in [4.78, 5) is 11.5. The van der Waals surface area contributed by atoms with Crippen LogP contribution in [0.25, 0.3) is 0 Å². The summed E-state index contributed by atoms with van der Waals surface area (Å²) in [6, 6.07) is 5.29. The minimum absolute atomic E-state index is 0.00631. The molecular weight excluding hydrogens is 246 g/mol. The second-order valence-electron chi connectivity index (χ2n) is 4.79. The number of carbonyl (C=O) groups is 1. The Morgan fingerprint density at radius 1 is 1.32 bits per heavy atom. The number of amides is 1. The molecule has 0 bridgehead atoms. The monoisotopic (exact) mass is 265 g/mol. The van der Waals surface area contributed by atoms with Crippen molar-refractivity contribution in [1.29, 1.82) is 0 Å². The highest BCUT2D eigenvalue weighted by Gasteiger charge is 2.12. The molecule has 0 aliphatic carbocycles. The van der Waals surface area contributed by atoms with Crippen molar-refractivity contribution in [2.45, 2.75) is 13.8 Å². The molecule has 0 aromatic heterocycles. The van der Waals surface area contributed by atoms with E-state index in [0.29, 0.717) is 42.9 Å².